The van der Waals surface area contributed by atoms with Gasteiger partial charge in [-0.3, -0.25) is 4.79 Å². The first-order chi connectivity index (χ1) is 14.8. The van der Waals surface area contributed by atoms with Gasteiger partial charge in [-0.15, -0.1) is 0 Å². The summed E-state index contributed by atoms with van der Waals surface area (Å²) in [6.45, 7) is 0.291. The van der Waals surface area contributed by atoms with Crippen LogP contribution in [-0.2, 0) is 28.0 Å². The van der Waals surface area contributed by atoms with Crippen molar-refractivity contribution < 1.29 is 17.9 Å². The van der Waals surface area contributed by atoms with E-state index in [1.54, 1.807) is 24.3 Å². The molecule has 0 aliphatic heterocycles. The van der Waals surface area contributed by atoms with Gasteiger partial charge < -0.3 is 10.1 Å². The lowest BCUT2D eigenvalue weighted by molar-refractivity contribution is -0.116. The molecular formula is C23H23BrN2O4S. The van der Waals surface area contributed by atoms with Crippen molar-refractivity contribution in [2.75, 3.05) is 18.1 Å². The zero-order valence-electron chi connectivity index (χ0n) is 17.0. The third-order valence-corrected chi connectivity index (χ3v) is 6.17. The van der Waals surface area contributed by atoms with Gasteiger partial charge in [0.15, 0.2) is 0 Å². The lowest BCUT2D eigenvalue weighted by Crippen LogP contribution is -2.36. The van der Waals surface area contributed by atoms with E-state index in [1.807, 2.05) is 54.6 Å². The van der Waals surface area contributed by atoms with E-state index in [-0.39, 0.29) is 13.1 Å². The zero-order valence-corrected chi connectivity index (χ0v) is 19.4. The molecule has 1 amide bonds. The Bertz CT molecular complexity index is 1100. The molecule has 0 heterocycles. The Morgan fingerprint density at radius 2 is 1.58 bits per heavy atom. The minimum atomic E-state index is -3.56. The first-order valence-electron chi connectivity index (χ1n) is 9.56. The van der Waals surface area contributed by atoms with Gasteiger partial charge in [-0.05, 0) is 47.5 Å². The first-order valence-corrected chi connectivity index (χ1v) is 12.2. The minimum absolute atomic E-state index is 0.117. The van der Waals surface area contributed by atoms with Crippen LogP contribution in [0.15, 0.2) is 83.3 Å². The molecule has 0 spiro atoms. The average Bonchev–Trinajstić information content (AvgIpc) is 2.74. The summed E-state index contributed by atoms with van der Waals surface area (Å²) in [4.78, 5) is 12.5. The van der Waals surface area contributed by atoms with Gasteiger partial charge in [0.1, 0.15) is 12.4 Å². The van der Waals surface area contributed by atoms with Crippen molar-refractivity contribution >= 4 is 37.5 Å². The van der Waals surface area contributed by atoms with Crippen LogP contribution >= 0.6 is 15.9 Å². The summed E-state index contributed by atoms with van der Waals surface area (Å²) in [5, 5.41) is 2.73. The fourth-order valence-corrected chi connectivity index (χ4v) is 3.82. The molecule has 0 radical (unpaired) electrons. The lowest BCUT2D eigenvalue weighted by atomic mass is 10.2. The summed E-state index contributed by atoms with van der Waals surface area (Å²) in [6.07, 6.45) is 1.10. The molecule has 0 saturated carbocycles. The predicted octanol–water partition coefficient (Wildman–Crippen LogP) is 4.43. The molecule has 8 heteroatoms. The van der Waals surface area contributed by atoms with E-state index in [4.69, 9.17) is 4.74 Å². The van der Waals surface area contributed by atoms with Crippen LogP contribution in [0.5, 0.6) is 5.75 Å². The van der Waals surface area contributed by atoms with Crippen LogP contribution in [0, 0.1) is 0 Å². The lowest BCUT2D eigenvalue weighted by Gasteiger charge is -2.19. The maximum Gasteiger partial charge on any atom is 0.239 e. The van der Waals surface area contributed by atoms with E-state index in [1.165, 1.54) is 0 Å². The van der Waals surface area contributed by atoms with Gasteiger partial charge >= 0.3 is 0 Å². The number of halogens is 1. The molecular weight excluding hydrogens is 480 g/mol. The fraction of sp³-hybridized carbons (Fsp3) is 0.174. The molecule has 3 aromatic carbocycles. The second-order valence-electron chi connectivity index (χ2n) is 7.00. The monoisotopic (exact) mass is 502 g/mol. The first kappa shape index (κ1) is 23.0. The number of anilines is 1. The van der Waals surface area contributed by atoms with Crippen molar-refractivity contribution in [1.82, 2.24) is 4.31 Å². The number of hydrogen-bond donors (Lipinski definition) is 1. The highest BCUT2D eigenvalue weighted by Gasteiger charge is 2.20. The highest BCUT2D eigenvalue weighted by atomic mass is 79.9. The van der Waals surface area contributed by atoms with E-state index in [9.17, 15) is 13.2 Å². The number of carbonyl (C=O) groups is 1. The number of sulfonamides is 1. The van der Waals surface area contributed by atoms with Gasteiger partial charge in [0.25, 0.3) is 0 Å². The Kier molecular flexibility index (Phi) is 7.84. The number of rotatable bonds is 9. The Balaban J connectivity index is 1.56. The number of carbonyl (C=O) groups excluding carboxylic acids is 1. The van der Waals surface area contributed by atoms with Crippen LogP contribution in [0.2, 0.25) is 0 Å². The van der Waals surface area contributed by atoms with E-state index < -0.39 is 15.9 Å². The van der Waals surface area contributed by atoms with Crippen LogP contribution in [0.4, 0.5) is 5.69 Å². The van der Waals surface area contributed by atoms with Crippen molar-refractivity contribution in [3.05, 3.63) is 94.5 Å². The molecule has 31 heavy (non-hydrogen) atoms. The Morgan fingerprint density at radius 3 is 2.19 bits per heavy atom. The molecule has 0 saturated heterocycles. The summed E-state index contributed by atoms with van der Waals surface area (Å²) in [5.41, 5.74) is 2.42. The molecule has 0 unspecified atom stereocenters. The minimum Gasteiger partial charge on any atom is -0.489 e. The number of nitrogens with one attached hydrogen (secondary N) is 1. The summed E-state index contributed by atoms with van der Waals surface area (Å²) >= 11 is 3.35. The SMILES string of the molecule is CS(=O)(=O)N(CC(=O)Nc1ccc(OCc2ccccc2)cc1)Cc1ccc(Br)cc1. The van der Waals surface area contributed by atoms with Crippen molar-refractivity contribution in [3.63, 3.8) is 0 Å². The summed E-state index contributed by atoms with van der Waals surface area (Å²) in [7, 11) is -3.56. The van der Waals surface area contributed by atoms with Crippen LogP contribution in [0.25, 0.3) is 0 Å². The topological polar surface area (TPSA) is 75.7 Å². The van der Waals surface area contributed by atoms with Gasteiger partial charge in [0, 0.05) is 16.7 Å². The van der Waals surface area contributed by atoms with Crippen LogP contribution < -0.4 is 10.1 Å². The predicted molar refractivity (Wildman–Crippen MR) is 125 cm³/mol. The van der Waals surface area contributed by atoms with Gasteiger partial charge in [-0.2, -0.15) is 4.31 Å². The molecule has 0 atom stereocenters. The molecule has 0 bridgehead atoms. The van der Waals surface area contributed by atoms with Crippen molar-refractivity contribution in [1.29, 1.82) is 0 Å². The summed E-state index contributed by atoms with van der Waals surface area (Å²) in [6, 6.07) is 24.1. The molecule has 0 fully saturated rings. The van der Waals surface area contributed by atoms with Gasteiger partial charge in [0.2, 0.25) is 15.9 Å². The quantitative estimate of drug-likeness (QED) is 0.469. The van der Waals surface area contributed by atoms with Gasteiger partial charge in [-0.1, -0.05) is 58.4 Å². The van der Waals surface area contributed by atoms with Gasteiger partial charge in [-0.25, -0.2) is 8.42 Å². The molecule has 0 aromatic heterocycles. The number of hydrogen-bond acceptors (Lipinski definition) is 4. The largest absolute Gasteiger partial charge is 0.489 e. The molecule has 0 aliphatic carbocycles. The molecule has 3 aromatic rings. The number of amides is 1. The second kappa shape index (κ2) is 10.6. The number of nitrogens with zero attached hydrogens (tertiary/aromatic N) is 1. The van der Waals surface area contributed by atoms with Crippen LogP contribution in [-0.4, -0.2) is 31.4 Å². The molecule has 0 aliphatic rings. The average molecular weight is 503 g/mol. The Hall–Kier alpha value is -2.68. The molecule has 1 N–H and O–H groups in total. The van der Waals surface area contributed by atoms with Crippen LogP contribution in [0.3, 0.4) is 0 Å². The van der Waals surface area contributed by atoms with Crippen molar-refractivity contribution in [3.8, 4) is 5.75 Å². The van der Waals surface area contributed by atoms with Crippen LogP contribution in [0.1, 0.15) is 11.1 Å². The Labute approximate surface area is 191 Å². The second-order valence-corrected chi connectivity index (χ2v) is 9.90. The van der Waals surface area contributed by atoms with Crippen molar-refractivity contribution in [2.45, 2.75) is 13.2 Å². The maximum atomic E-state index is 12.5. The van der Waals surface area contributed by atoms with E-state index >= 15 is 0 Å². The molecule has 6 nitrogen and oxygen atoms in total. The van der Waals surface area contributed by atoms with Crippen molar-refractivity contribution in [2.24, 2.45) is 0 Å². The molecule has 3 rings (SSSR count). The summed E-state index contributed by atoms with van der Waals surface area (Å²) < 4.78 is 32.1. The van der Waals surface area contributed by atoms with E-state index in [0.29, 0.717) is 18.0 Å². The number of ether oxygens (including phenoxy) is 1. The molecule has 162 valence electrons. The standard InChI is InChI=1S/C23H23BrN2O4S/c1-31(28,29)26(15-18-7-9-20(24)10-8-18)16-23(27)25-21-11-13-22(14-12-21)30-17-19-5-3-2-4-6-19/h2-14H,15-17H2,1H3,(H,25,27). The third kappa shape index (κ3) is 7.50. The number of benzene rings is 3. The Morgan fingerprint density at radius 1 is 0.935 bits per heavy atom. The normalized spacial score (nSPS) is 11.3. The van der Waals surface area contributed by atoms with Gasteiger partial charge in [0.05, 0.1) is 12.8 Å². The third-order valence-electron chi connectivity index (χ3n) is 4.45. The maximum absolute atomic E-state index is 12.5. The zero-order chi connectivity index (χ0) is 22.3. The van der Waals surface area contributed by atoms with E-state index in [2.05, 4.69) is 21.2 Å². The smallest absolute Gasteiger partial charge is 0.239 e. The fourth-order valence-electron chi connectivity index (χ4n) is 2.82. The van der Waals surface area contributed by atoms with E-state index in [0.717, 1.165) is 26.2 Å². The highest BCUT2D eigenvalue weighted by Crippen LogP contribution is 2.18. The summed E-state index contributed by atoms with van der Waals surface area (Å²) in [5.74, 6) is 0.260. The highest BCUT2D eigenvalue weighted by molar-refractivity contribution is 9.10.